The number of esters is 2. The first-order valence-corrected chi connectivity index (χ1v) is 8.23. The average Bonchev–Trinajstić information content (AvgIpc) is 3.03. The van der Waals surface area contributed by atoms with Gasteiger partial charge in [-0.15, -0.1) is 0 Å². The summed E-state index contributed by atoms with van der Waals surface area (Å²) in [6, 6.07) is 7.25. The summed E-state index contributed by atoms with van der Waals surface area (Å²) in [5, 5.41) is 0.620. The first-order chi connectivity index (χ1) is 11.1. The Bertz CT molecular complexity index is 684. The minimum absolute atomic E-state index is 0.320. The number of carbonyl (C=O) groups excluding carboxylic acids is 2. The Labute approximate surface area is 138 Å². The number of nitrogens with zero attached hydrogens (tertiary/aromatic N) is 1. The van der Waals surface area contributed by atoms with Crippen molar-refractivity contribution in [1.29, 1.82) is 0 Å². The van der Waals surface area contributed by atoms with Crippen LogP contribution < -0.4 is 0 Å². The molecule has 1 N–H and O–H groups in total. The molecule has 1 heterocycles. The number of aromatic nitrogens is 2. The maximum Gasteiger partial charge on any atom is 0.356 e. The maximum absolute atomic E-state index is 11.7. The SMILES string of the molecule is CCOC(=O)c1cccc(CSc2ncc(C(=O)OCC)[nH]2)c1. The van der Waals surface area contributed by atoms with Crippen molar-refractivity contribution in [2.45, 2.75) is 24.8 Å². The van der Waals surface area contributed by atoms with Gasteiger partial charge in [0.05, 0.1) is 25.0 Å². The number of nitrogens with one attached hydrogen (secondary N) is 1. The monoisotopic (exact) mass is 334 g/mol. The summed E-state index contributed by atoms with van der Waals surface area (Å²) < 4.78 is 9.88. The van der Waals surface area contributed by atoms with Gasteiger partial charge >= 0.3 is 11.9 Å². The molecular weight excluding hydrogens is 316 g/mol. The first kappa shape index (κ1) is 17.1. The predicted molar refractivity (Wildman–Crippen MR) is 86.5 cm³/mol. The van der Waals surface area contributed by atoms with Crippen LogP contribution in [-0.4, -0.2) is 35.1 Å². The molecule has 0 saturated heterocycles. The fraction of sp³-hybridized carbons (Fsp3) is 0.312. The highest BCUT2D eigenvalue weighted by atomic mass is 32.2. The van der Waals surface area contributed by atoms with Crippen molar-refractivity contribution in [2.24, 2.45) is 0 Å². The molecule has 0 aliphatic carbocycles. The zero-order valence-electron chi connectivity index (χ0n) is 13.0. The molecule has 0 bridgehead atoms. The van der Waals surface area contributed by atoms with Crippen LogP contribution in [0.4, 0.5) is 0 Å². The van der Waals surface area contributed by atoms with Crippen molar-refractivity contribution in [1.82, 2.24) is 9.97 Å². The Morgan fingerprint density at radius 1 is 1.17 bits per heavy atom. The molecule has 0 saturated carbocycles. The van der Waals surface area contributed by atoms with E-state index >= 15 is 0 Å². The molecule has 0 fully saturated rings. The van der Waals surface area contributed by atoms with E-state index in [9.17, 15) is 9.59 Å². The quantitative estimate of drug-likeness (QED) is 0.619. The zero-order valence-corrected chi connectivity index (χ0v) is 13.8. The Balaban J connectivity index is 1.97. The third-order valence-corrected chi connectivity index (χ3v) is 3.82. The lowest BCUT2D eigenvalue weighted by atomic mass is 10.1. The second-order valence-corrected chi connectivity index (χ2v) is 5.50. The smallest absolute Gasteiger partial charge is 0.356 e. The Kier molecular flexibility index (Phi) is 6.22. The molecule has 0 spiro atoms. The molecule has 7 heteroatoms. The number of H-pyrrole nitrogens is 1. The van der Waals surface area contributed by atoms with Crippen molar-refractivity contribution >= 4 is 23.7 Å². The molecule has 23 heavy (non-hydrogen) atoms. The number of hydrogen-bond acceptors (Lipinski definition) is 6. The summed E-state index contributed by atoms with van der Waals surface area (Å²) in [4.78, 5) is 30.3. The van der Waals surface area contributed by atoms with Gasteiger partial charge in [-0.2, -0.15) is 0 Å². The molecular formula is C16H18N2O4S. The molecule has 6 nitrogen and oxygen atoms in total. The number of hydrogen-bond donors (Lipinski definition) is 1. The van der Waals surface area contributed by atoms with E-state index in [4.69, 9.17) is 9.47 Å². The molecule has 0 aliphatic rings. The Morgan fingerprint density at radius 2 is 1.91 bits per heavy atom. The van der Waals surface area contributed by atoms with Crippen molar-refractivity contribution in [3.05, 3.63) is 47.3 Å². The number of rotatable bonds is 7. The van der Waals surface area contributed by atoms with Crippen LogP contribution in [0.5, 0.6) is 0 Å². The van der Waals surface area contributed by atoms with Gasteiger partial charge in [-0.3, -0.25) is 0 Å². The average molecular weight is 334 g/mol. The molecule has 1 aromatic heterocycles. The molecule has 0 aliphatic heterocycles. The van der Waals surface area contributed by atoms with E-state index in [0.29, 0.717) is 35.4 Å². The summed E-state index contributed by atoms with van der Waals surface area (Å²) >= 11 is 1.44. The van der Waals surface area contributed by atoms with Crippen molar-refractivity contribution in [2.75, 3.05) is 13.2 Å². The summed E-state index contributed by atoms with van der Waals surface area (Å²) in [6.45, 7) is 4.19. The summed E-state index contributed by atoms with van der Waals surface area (Å²) in [5.41, 5.74) is 1.82. The van der Waals surface area contributed by atoms with Gasteiger partial charge < -0.3 is 14.5 Å². The second kappa shape index (κ2) is 8.38. The zero-order chi connectivity index (χ0) is 16.7. The van der Waals surface area contributed by atoms with E-state index in [1.165, 1.54) is 18.0 Å². The number of imidazole rings is 1. The fourth-order valence-corrected chi connectivity index (χ4v) is 2.64. The van der Waals surface area contributed by atoms with E-state index in [0.717, 1.165) is 5.56 Å². The van der Waals surface area contributed by atoms with E-state index in [-0.39, 0.29) is 5.97 Å². The van der Waals surface area contributed by atoms with E-state index in [2.05, 4.69) is 9.97 Å². The summed E-state index contributed by atoms with van der Waals surface area (Å²) in [5.74, 6) is -0.138. The van der Waals surface area contributed by atoms with Gasteiger partial charge in [-0.1, -0.05) is 23.9 Å². The number of benzene rings is 1. The number of ether oxygens (including phenoxy) is 2. The fourth-order valence-electron chi connectivity index (χ4n) is 1.84. The van der Waals surface area contributed by atoms with Crippen LogP contribution in [0.1, 0.15) is 40.3 Å². The first-order valence-electron chi connectivity index (χ1n) is 7.25. The highest BCUT2D eigenvalue weighted by Gasteiger charge is 2.11. The topological polar surface area (TPSA) is 81.3 Å². The minimum Gasteiger partial charge on any atom is -0.462 e. The number of carbonyl (C=O) groups is 2. The highest BCUT2D eigenvalue weighted by molar-refractivity contribution is 7.98. The molecule has 0 radical (unpaired) electrons. The predicted octanol–water partition coefficient (Wildman–Crippen LogP) is 3.06. The van der Waals surface area contributed by atoms with Gasteiger partial charge in [0, 0.05) is 5.75 Å². The van der Waals surface area contributed by atoms with Gasteiger partial charge in [0.1, 0.15) is 5.69 Å². The lowest BCUT2D eigenvalue weighted by molar-refractivity contribution is 0.0513. The lowest BCUT2D eigenvalue weighted by Gasteiger charge is -2.04. The minimum atomic E-state index is -0.420. The summed E-state index contributed by atoms with van der Waals surface area (Å²) in [6.07, 6.45) is 1.45. The maximum atomic E-state index is 11.7. The normalized spacial score (nSPS) is 10.3. The van der Waals surface area contributed by atoms with Crippen LogP contribution >= 0.6 is 11.8 Å². The highest BCUT2D eigenvalue weighted by Crippen LogP contribution is 2.21. The number of aromatic amines is 1. The van der Waals surface area contributed by atoms with E-state index < -0.39 is 5.97 Å². The second-order valence-electron chi connectivity index (χ2n) is 4.53. The summed E-state index contributed by atoms with van der Waals surface area (Å²) in [7, 11) is 0. The molecule has 0 atom stereocenters. The Hall–Kier alpha value is -2.28. The van der Waals surface area contributed by atoms with Gasteiger partial charge in [-0.05, 0) is 31.5 Å². The van der Waals surface area contributed by atoms with Crippen LogP contribution in [0.15, 0.2) is 35.6 Å². The van der Waals surface area contributed by atoms with Crippen LogP contribution in [0.25, 0.3) is 0 Å². The number of thioether (sulfide) groups is 1. The molecule has 122 valence electrons. The third-order valence-electron chi connectivity index (χ3n) is 2.86. The van der Waals surface area contributed by atoms with Crippen LogP contribution in [0, 0.1) is 0 Å². The Morgan fingerprint density at radius 3 is 2.65 bits per heavy atom. The van der Waals surface area contributed by atoms with Crippen LogP contribution in [0.2, 0.25) is 0 Å². The molecule has 2 aromatic rings. The van der Waals surface area contributed by atoms with Gasteiger partial charge in [0.25, 0.3) is 0 Å². The molecule has 1 aromatic carbocycles. The standard InChI is InChI=1S/C16H18N2O4S/c1-3-21-14(19)12-7-5-6-11(8-12)10-23-16-17-9-13(18-16)15(20)22-4-2/h5-9H,3-4,10H2,1-2H3,(H,17,18). The third kappa shape index (κ3) is 4.85. The van der Waals surface area contributed by atoms with Gasteiger partial charge in [-0.25, -0.2) is 14.6 Å². The largest absolute Gasteiger partial charge is 0.462 e. The van der Waals surface area contributed by atoms with Gasteiger partial charge in [0.2, 0.25) is 0 Å². The van der Waals surface area contributed by atoms with E-state index in [1.54, 1.807) is 26.0 Å². The van der Waals surface area contributed by atoms with E-state index in [1.807, 2.05) is 12.1 Å². The van der Waals surface area contributed by atoms with Crippen molar-refractivity contribution in [3.63, 3.8) is 0 Å². The van der Waals surface area contributed by atoms with Crippen LogP contribution in [-0.2, 0) is 15.2 Å². The van der Waals surface area contributed by atoms with Crippen molar-refractivity contribution in [3.8, 4) is 0 Å². The van der Waals surface area contributed by atoms with Crippen LogP contribution in [0.3, 0.4) is 0 Å². The van der Waals surface area contributed by atoms with Crippen molar-refractivity contribution < 1.29 is 19.1 Å². The molecule has 0 unspecified atom stereocenters. The molecule has 2 rings (SSSR count). The molecule has 0 amide bonds. The lowest BCUT2D eigenvalue weighted by Crippen LogP contribution is -2.05. The van der Waals surface area contributed by atoms with Gasteiger partial charge in [0.15, 0.2) is 5.16 Å².